The number of rotatable bonds is 6. The van der Waals surface area contributed by atoms with Crippen molar-refractivity contribution >= 4 is 45.4 Å². The Hall–Kier alpha value is -2.87. The number of thioether (sulfide) groups is 1. The molecule has 2 aromatic carbocycles. The largest absolute Gasteiger partial charge is 0.335 e. The maximum absolute atomic E-state index is 12.9. The molecule has 0 fully saturated rings. The Morgan fingerprint density at radius 3 is 2.52 bits per heavy atom. The van der Waals surface area contributed by atoms with Gasteiger partial charge in [0.2, 0.25) is 5.91 Å². The standard InChI is InChI=1S/C21H24N4O3S/c1-4-13(3)22-20(28)24-18(26)12-29-21-23-17-11-15-9-7-6-8-14(15)10-16(17)19(27)25(21)5-2/h6-11,13H,4-5,12H2,1-3H3,(H2,22,24,26,28)/t13-/m0/s1. The van der Waals surface area contributed by atoms with Crippen LogP contribution in [0.4, 0.5) is 4.79 Å². The van der Waals surface area contributed by atoms with E-state index >= 15 is 0 Å². The van der Waals surface area contributed by atoms with Crippen molar-refractivity contribution in [1.29, 1.82) is 0 Å². The van der Waals surface area contributed by atoms with Crippen LogP contribution in [-0.2, 0) is 11.3 Å². The van der Waals surface area contributed by atoms with Gasteiger partial charge in [0.25, 0.3) is 5.56 Å². The van der Waals surface area contributed by atoms with Gasteiger partial charge in [-0.05, 0) is 43.2 Å². The van der Waals surface area contributed by atoms with Crippen LogP contribution in [0.3, 0.4) is 0 Å². The van der Waals surface area contributed by atoms with E-state index in [2.05, 4.69) is 15.6 Å². The highest BCUT2D eigenvalue weighted by Crippen LogP contribution is 2.22. The Labute approximate surface area is 172 Å². The molecule has 0 aliphatic rings. The average molecular weight is 413 g/mol. The number of hydrogen-bond donors (Lipinski definition) is 2. The number of urea groups is 1. The Bertz CT molecular complexity index is 1130. The zero-order valence-electron chi connectivity index (χ0n) is 16.7. The second-order valence-electron chi connectivity index (χ2n) is 6.78. The number of aromatic nitrogens is 2. The average Bonchev–Trinajstić information content (AvgIpc) is 2.71. The molecule has 29 heavy (non-hydrogen) atoms. The van der Waals surface area contributed by atoms with Gasteiger partial charge in [0.05, 0.1) is 16.7 Å². The molecule has 8 heteroatoms. The molecule has 0 unspecified atom stereocenters. The van der Waals surface area contributed by atoms with Gasteiger partial charge in [0.15, 0.2) is 5.16 Å². The number of nitrogens with zero attached hydrogens (tertiary/aromatic N) is 2. The van der Waals surface area contributed by atoms with Crippen molar-refractivity contribution in [1.82, 2.24) is 20.2 Å². The summed E-state index contributed by atoms with van der Waals surface area (Å²) in [7, 11) is 0. The number of nitrogens with one attached hydrogen (secondary N) is 2. The molecule has 7 nitrogen and oxygen atoms in total. The van der Waals surface area contributed by atoms with Gasteiger partial charge in [-0.3, -0.25) is 19.5 Å². The molecule has 3 aromatic rings. The number of amides is 3. The van der Waals surface area contributed by atoms with Crippen molar-refractivity contribution in [2.24, 2.45) is 0 Å². The fourth-order valence-corrected chi connectivity index (χ4v) is 3.79. The van der Waals surface area contributed by atoms with Crippen molar-refractivity contribution in [3.8, 4) is 0 Å². The van der Waals surface area contributed by atoms with E-state index in [1.165, 1.54) is 0 Å². The lowest BCUT2D eigenvalue weighted by Gasteiger charge is -2.13. The predicted molar refractivity (Wildman–Crippen MR) is 116 cm³/mol. The maximum Gasteiger partial charge on any atom is 0.321 e. The zero-order chi connectivity index (χ0) is 21.0. The highest BCUT2D eigenvalue weighted by atomic mass is 32.2. The molecule has 3 rings (SSSR count). The first-order valence-electron chi connectivity index (χ1n) is 9.59. The summed E-state index contributed by atoms with van der Waals surface area (Å²) in [5.41, 5.74) is 0.455. The smallest absolute Gasteiger partial charge is 0.321 e. The van der Waals surface area contributed by atoms with Gasteiger partial charge in [-0.15, -0.1) is 0 Å². The Balaban J connectivity index is 1.83. The highest BCUT2D eigenvalue weighted by molar-refractivity contribution is 7.99. The first-order valence-corrected chi connectivity index (χ1v) is 10.6. The lowest BCUT2D eigenvalue weighted by Crippen LogP contribution is -2.44. The van der Waals surface area contributed by atoms with E-state index in [1.54, 1.807) is 4.57 Å². The topological polar surface area (TPSA) is 93.1 Å². The third-order valence-electron chi connectivity index (χ3n) is 4.68. The monoisotopic (exact) mass is 412 g/mol. The van der Waals surface area contributed by atoms with E-state index in [1.807, 2.05) is 57.2 Å². The minimum absolute atomic E-state index is 0.0144. The van der Waals surface area contributed by atoms with Crippen molar-refractivity contribution in [3.05, 3.63) is 46.8 Å². The SMILES string of the molecule is CC[C@H](C)NC(=O)NC(=O)CSc1nc2cc3ccccc3cc2c(=O)n1CC. The summed E-state index contributed by atoms with van der Waals surface area (Å²) in [6.45, 7) is 6.11. The fourth-order valence-electron chi connectivity index (χ4n) is 2.93. The number of hydrogen-bond acceptors (Lipinski definition) is 5. The van der Waals surface area contributed by atoms with Gasteiger partial charge in [-0.2, -0.15) is 0 Å². The van der Waals surface area contributed by atoms with Crippen LogP contribution >= 0.6 is 11.8 Å². The van der Waals surface area contributed by atoms with Crippen LogP contribution in [0.15, 0.2) is 46.3 Å². The van der Waals surface area contributed by atoms with Crippen LogP contribution < -0.4 is 16.2 Å². The molecule has 2 N–H and O–H groups in total. The third kappa shape index (κ3) is 4.76. The van der Waals surface area contributed by atoms with Crippen molar-refractivity contribution in [2.45, 2.75) is 44.9 Å². The Kier molecular flexibility index (Phi) is 6.53. The third-order valence-corrected chi connectivity index (χ3v) is 5.65. The van der Waals surface area contributed by atoms with Gasteiger partial charge in [0.1, 0.15) is 0 Å². The normalized spacial score (nSPS) is 12.1. The van der Waals surface area contributed by atoms with Crippen LogP contribution in [-0.4, -0.2) is 33.3 Å². The van der Waals surface area contributed by atoms with Gasteiger partial charge in [-0.25, -0.2) is 9.78 Å². The molecule has 0 saturated heterocycles. The van der Waals surface area contributed by atoms with E-state index in [0.29, 0.717) is 22.6 Å². The molecule has 3 amide bonds. The van der Waals surface area contributed by atoms with Gasteiger partial charge < -0.3 is 5.32 Å². The number of benzene rings is 2. The van der Waals surface area contributed by atoms with E-state index in [4.69, 9.17) is 0 Å². The first kappa shape index (κ1) is 20.9. The number of fused-ring (bicyclic) bond motifs is 2. The van der Waals surface area contributed by atoms with Gasteiger partial charge in [0, 0.05) is 12.6 Å². The summed E-state index contributed by atoms with van der Waals surface area (Å²) < 4.78 is 1.55. The summed E-state index contributed by atoms with van der Waals surface area (Å²) >= 11 is 1.14. The molecule has 0 bridgehead atoms. The van der Waals surface area contributed by atoms with Crippen LogP contribution in [0.25, 0.3) is 21.7 Å². The second-order valence-corrected chi connectivity index (χ2v) is 7.72. The lowest BCUT2D eigenvalue weighted by molar-refractivity contribution is -0.117. The summed E-state index contributed by atoms with van der Waals surface area (Å²) in [6, 6.07) is 11.0. The van der Waals surface area contributed by atoms with Crippen LogP contribution in [0.1, 0.15) is 27.2 Å². The van der Waals surface area contributed by atoms with E-state index in [9.17, 15) is 14.4 Å². The number of carbonyl (C=O) groups excluding carboxylic acids is 2. The molecule has 1 heterocycles. The van der Waals surface area contributed by atoms with Gasteiger partial charge in [-0.1, -0.05) is 43.0 Å². The number of imide groups is 1. The molecule has 0 radical (unpaired) electrons. The Morgan fingerprint density at radius 2 is 1.86 bits per heavy atom. The van der Waals surface area contributed by atoms with Crippen molar-refractivity contribution < 1.29 is 9.59 Å². The zero-order valence-corrected chi connectivity index (χ0v) is 17.5. The molecular formula is C21H24N4O3S. The van der Waals surface area contributed by atoms with E-state index in [0.717, 1.165) is 29.0 Å². The second kappa shape index (κ2) is 9.09. The Morgan fingerprint density at radius 1 is 1.17 bits per heavy atom. The predicted octanol–water partition coefficient (Wildman–Crippen LogP) is 3.29. The molecule has 1 atom stereocenters. The van der Waals surface area contributed by atoms with Crippen molar-refractivity contribution in [2.75, 3.05) is 5.75 Å². The molecular weight excluding hydrogens is 388 g/mol. The quantitative estimate of drug-likeness (QED) is 0.368. The molecule has 0 spiro atoms. The molecule has 1 aromatic heterocycles. The van der Waals surface area contributed by atoms with Crippen LogP contribution in [0.2, 0.25) is 0 Å². The minimum atomic E-state index is -0.518. The summed E-state index contributed by atoms with van der Waals surface area (Å²) in [5.74, 6) is -0.453. The van der Waals surface area contributed by atoms with Crippen LogP contribution in [0.5, 0.6) is 0 Å². The molecule has 0 aliphatic carbocycles. The van der Waals surface area contributed by atoms with E-state index < -0.39 is 11.9 Å². The maximum atomic E-state index is 12.9. The summed E-state index contributed by atoms with van der Waals surface area (Å²) in [5, 5.41) is 7.97. The van der Waals surface area contributed by atoms with E-state index in [-0.39, 0.29) is 17.4 Å². The molecule has 152 valence electrons. The lowest BCUT2D eigenvalue weighted by atomic mass is 10.1. The molecule has 0 aliphatic heterocycles. The number of carbonyl (C=O) groups is 2. The minimum Gasteiger partial charge on any atom is -0.335 e. The summed E-state index contributed by atoms with van der Waals surface area (Å²) in [4.78, 5) is 41.5. The van der Waals surface area contributed by atoms with Crippen molar-refractivity contribution in [3.63, 3.8) is 0 Å². The fraction of sp³-hybridized carbons (Fsp3) is 0.333. The van der Waals surface area contributed by atoms with Crippen LogP contribution in [0, 0.1) is 0 Å². The first-order chi connectivity index (χ1) is 13.9. The van der Waals surface area contributed by atoms with Gasteiger partial charge >= 0.3 is 6.03 Å². The molecule has 0 saturated carbocycles. The highest BCUT2D eigenvalue weighted by Gasteiger charge is 2.15. The summed E-state index contributed by atoms with van der Waals surface area (Å²) in [6.07, 6.45) is 0.773.